The van der Waals surface area contributed by atoms with Crippen LogP contribution in [0.4, 0.5) is 0 Å². The summed E-state index contributed by atoms with van der Waals surface area (Å²) < 4.78 is 1.86. The van der Waals surface area contributed by atoms with E-state index in [1.807, 2.05) is 47.2 Å². The minimum atomic E-state index is 0.647. The zero-order valence-corrected chi connectivity index (χ0v) is 9.08. The SMILES string of the molecule is O=Cc1cccn1-c1ccc2ncccc2c1. The van der Waals surface area contributed by atoms with Crippen LogP contribution < -0.4 is 0 Å². The van der Waals surface area contributed by atoms with Gasteiger partial charge in [-0.25, -0.2) is 0 Å². The van der Waals surface area contributed by atoms with E-state index >= 15 is 0 Å². The lowest BCUT2D eigenvalue weighted by molar-refractivity contribution is 0.111. The molecule has 0 unspecified atom stereocenters. The van der Waals surface area contributed by atoms with E-state index in [2.05, 4.69) is 4.98 Å². The van der Waals surface area contributed by atoms with E-state index in [4.69, 9.17) is 0 Å². The van der Waals surface area contributed by atoms with Crippen LogP contribution in [0.25, 0.3) is 16.6 Å². The first-order valence-corrected chi connectivity index (χ1v) is 5.36. The lowest BCUT2D eigenvalue weighted by Crippen LogP contribution is -1.97. The molecule has 1 aromatic carbocycles. The Morgan fingerprint density at radius 3 is 2.94 bits per heavy atom. The molecule has 17 heavy (non-hydrogen) atoms. The quantitative estimate of drug-likeness (QED) is 0.625. The average Bonchev–Trinajstić information content (AvgIpc) is 2.86. The fourth-order valence-corrected chi connectivity index (χ4v) is 1.94. The van der Waals surface area contributed by atoms with E-state index in [-0.39, 0.29) is 0 Å². The molecule has 0 N–H and O–H groups in total. The Kier molecular flexibility index (Phi) is 2.22. The third-order valence-electron chi connectivity index (χ3n) is 2.77. The maximum atomic E-state index is 10.9. The third kappa shape index (κ3) is 1.61. The Bertz CT molecular complexity index is 685. The third-order valence-corrected chi connectivity index (χ3v) is 2.77. The smallest absolute Gasteiger partial charge is 0.166 e. The number of aldehydes is 1. The van der Waals surface area contributed by atoms with E-state index in [0.29, 0.717) is 5.69 Å². The Hall–Kier alpha value is -2.42. The molecule has 0 aliphatic rings. The molecule has 82 valence electrons. The summed E-state index contributed by atoms with van der Waals surface area (Å²) in [7, 11) is 0. The number of carbonyl (C=O) groups excluding carboxylic acids is 1. The molecule has 0 atom stereocenters. The molecule has 0 bridgehead atoms. The first-order valence-electron chi connectivity index (χ1n) is 5.36. The van der Waals surface area contributed by atoms with Crippen LogP contribution in [0.3, 0.4) is 0 Å². The standard InChI is InChI=1S/C14H10N2O/c17-10-13-4-2-8-16(13)12-5-6-14-11(9-12)3-1-7-15-14/h1-10H. The summed E-state index contributed by atoms with van der Waals surface area (Å²) in [5.74, 6) is 0. The van der Waals surface area contributed by atoms with Crippen LogP contribution in [0.15, 0.2) is 54.9 Å². The van der Waals surface area contributed by atoms with Gasteiger partial charge in [-0.3, -0.25) is 9.78 Å². The number of fused-ring (bicyclic) bond motifs is 1. The molecule has 0 fully saturated rings. The van der Waals surface area contributed by atoms with Crippen LogP contribution in [0.1, 0.15) is 10.5 Å². The van der Waals surface area contributed by atoms with Gasteiger partial charge in [0.1, 0.15) is 0 Å². The van der Waals surface area contributed by atoms with Crippen molar-refractivity contribution in [2.45, 2.75) is 0 Å². The number of pyridine rings is 1. The number of nitrogens with zero attached hydrogens (tertiary/aromatic N) is 2. The summed E-state index contributed by atoms with van der Waals surface area (Å²) in [5.41, 5.74) is 2.57. The largest absolute Gasteiger partial charge is 0.314 e. The van der Waals surface area contributed by atoms with E-state index < -0.39 is 0 Å². The van der Waals surface area contributed by atoms with Gasteiger partial charge in [-0.2, -0.15) is 0 Å². The predicted octanol–water partition coefficient (Wildman–Crippen LogP) is 2.84. The molecule has 3 nitrogen and oxygen atoms in total. The van der Waals surface area contributed by atoms with Crippen LogP contribution in [0, 0.1) is 0 Å². The molecule has 2 aromatic heterocycles. The highest BCUT2D eigenvalue weighted by Gasteiger charge is 2.03. The molecular formula is C14H10N2O. The predicted molar refractivity (Wildman–Crippen MR) is 66.5 cm³/mol. The molecule has 0 aliphatic heterocycles. The fourth-order valence-electron chi connectivity index (χ4n) is 1.94. The van der Waals surface area contributed by atoms with Crippen molar-refractivity contribution in [3.8, 4) is 5.69 Å². The maximum Gasteiger partial charge on any atom is 0.166 e. The minimum Gasteiger partial charge on any atom is -0.314 e. The van der Waals surface area contributed by atoms with Crippen LogP contribution in [0.5, 0.6) is 0 Å². The molecule has 0 saturated heterocycles. The van der Waals surface area contributed by atoms with Crippen molar-refractivity contribution in [3.63, 3.8) is 0 Å². The van der Waals surface area contributed by atoms with Gasteiger partial charge in [0.05, 0.1) is 11.2 Å². The Morgan fingerprint density at radius 2 is 2.06 bits per heavy atom. The van der Waals surface area contributed by atoms with Crippen molar-refractivity contribution >= 4 is 17.2 Å². The van der Waals surface area contributed by atoms with Gasteiger partial charge >= 0.3 is 0 Å². The van der Waals surface area contributed by atoms with Crippen molar-refractivity contribution in [2.24, 2.45) is 0 Å². The zero-order valence-electron chi connectivity index (χ0n) is 9.08. The number of hydrogen-bond donors (Lipinski definition) is 0. The number of carbonyl (C=O) groups is 1. The minimum absolute atomic E-state index is 0.647. The molecule has 0 saturated carbocycles. The first kappa shape index (κ1) is 9.78. The van der Waals surface area contributed by atoms with Gasteiger partial charge in [-0.1, -0.05) is 6.07 Å². The molecule has 3 heteroatoms. The summed E-state index contributed by atoms with van der Waals surface area (Å²) in [4.78, 5) is 15.2. The van der Waals surface area contributed by atoms with Gasteiger partial charge in [-0.05, 0) is 36.4 Å². The molecule has 3 rings (SSSR count). The lowest BCUT2D eigenvalue weighted by Gasteiger charge is -2.06. The molecule has 0 radical (unpaired) electrons. The van der Waals surface area contributed by atoms with Crippen molar-refractivity contribution in [1.82, 2.24) is 9.55 Å². The second-order valence-electron chi connectivity index (χ2n) is 3.80. The molecule has 0 spiro atoms. The lowest BCUT2D eigenvalue weighted by atomic mass is 10.2. The number of rotatable bonds is 2. The van der Waals surface area contributed by atoms with Crippen LogP contribution in [0.2, 0.25) is 0 Å². The van der Waals surface area contributed by atoms with Crippen molar-refractivity contribution in [3.05, 3.63) is 60.6 Å². The number of benzene rings is 1. The van der Waals surface area contributed by atoms with Gasteiger partial charge in [0.25, 0.3) is 0 Å². The fraction of sp³-hybridized carbons (Fsp3) is 0. The summed E-state index contributed by atoms with van der Waals surface area (Å²) in [5, 5.41) is 1.07. The summed E-state index contributed by atoms with van der Waals surface area (Å²) in [6, 6.07) is 13.5. The monoisotopic (exact) mass is 222 g/mol. The second-order valence-corrected chi connectivity index (χ2v) is 3.80. The van der Waals surface area contributed by atoms with Gasteiger partial charge in [-0.15, -0.1) is 0 Å². The van der Waals surface area contributed by atoms with E-state index in [9.17, 15) is 4.79 Å². The van der Waals surface area contributed by atoms with E-state index in [1.54, 1.807) is 12.3 Å². The van der Waals surface area contributed by atoms with E-state index in [0.717, 1.165) is 22.9 Å². The number of aromatic nitrogens is 2. The number of hydrogen-bond acceptors (Lipinski definition) is 2. The van der Waals surface area contributed by atoms with Crippen LogP contribution in [-0.4, -0.2) is 15.8 Å². The highest BCUT2D eigenvalue weighted by atomic mass is 16.1. The zero-order chi connectivity index (χ0) is 11.7. The normalized spacial score (nSPS) is 10.6. The Morgan fingerprint density at radius 1 is 1.12 bits per heavy atom. The van der Waals surface area contributed by atoms with Gasteiger partial charge < -0.3 is 4.57 Å². The van der Waals surface area contributed by atoms with Crippen molar-refractivity contribution in [1.29, 1.82) is 0 Å². The molecule has 3 aromatic rings. The Balaban J connectivity index is 2.21. The maximum absolute atomic E-state index is 10.9. The van der Waals surface area contributed by atoms with Crippen molar-refractivity contribution < 1.29 is 4.79 Å². The topological polar surface area (TPSA) is 34.9 Å². The Labute approximate surface area is 98.3 Å². The second kappa shape index (κ2) is 3.87. The van der Waals surface area contributed by atoms with Gasteiger partial charge in [0, 0.05) is 23.5 Å². The molecular weight excluding hydrogens is 212 g/mol. The van der Waals surface area contributed by atoms with Gasteiger partial charge in [0.15, 0.2) is 6.29 Å². The van der Waals surface area contributed by atoms with Crippen LogP contribution in [-0.2, 0) is 0 Å². The molecule has 0 amide bonds. The summed E-state index contributed by atoms with van der Waals surface area (Å²) in [6.45, 7) is 0. The highest BCUT2D eigenvalue weighted by molar-refractivity contribution is 5.81. The van der Waals surface area contributed by atoms with E-state index in [1.165, 1.54) is 0 Å². The van der Waals surface area contributed by atoms with Gasteiger partial charge in [0.2, 0.25) is 0 Å². The summed E-state index contributed by atoms with van der Waals surface area (Å²) >= 11 is 0. The highest BCUT2D eigenvalue weighted by Crippen LogP contribution is 2.18. The summed E-state index contributed by atoms with van der Waals surface area (Å²) in [6.07, 6.45) is 4.50. The first-order chi connectivity index (χ1) is 8.38. The molecule has 0 aliphatic carbocycles. The average molecular weight is 222 g/mol. The molecule has 2 heterocycles. The van der Waals surface area contributed by atoms with Crippen LogP contribution >= 0.6 is 0 Å². The van der Waals surface area contributed by atoms with Crippen molar-refractivity contribution in [2.75, 3.05) is 0 Å².